The molecule has 3 rings (SSSR count). The SMILES string of the molecule is CCCCOc1ccc(CN2C(=O)C(=O)c3cc(Cl)ccc32)cc1. The lowest BCUT2D eigenvalue weighted by atomic mass is 10.1. The van der Waals surface area contributed by atoms with Crippen LogP contribution in [0.5, 0.6) is 5.75 Å². The molecule has 0 aliphatic carbocycles. The van der Waals surface area contributed by atoms with Gasteiger partial charge < -0.3 is 9.64 Å². The van der Waals surface area contributed by atoms with Crippen molar-refractivity contribution < 1.29 is 14.3 Å². The van der Waals surface area contributed by atoms with Gasteiger partial charge in [0, 0.05) is 5.02 Å². The zero-order chi connectivity index (χ0) is 17.1. The van der Waals surface area contributed by atoms with E-state index in [1.54, 1.807) is 18.2 Å². The molecular weight excluding hydrogens is 326 g/mol. The summed E-state index contributed by atoms with van der Waals surface area (Å²) in [5.74, 6) is -0.217. The number of benzene rings is 2. The molecule has 0 unspecified atom stereocenters. The van der Waals surface area contributed by atoms with Crippen molar-refractivity contribution in [3.05, 3.63) is 58.6 Å². The van der Waals surface area contributed by atoms with Crippen LogP contribution in [0.4, 0.5) is 5.69 Å². The molecule has 1 amide bonds. The van der Waals surface area contributed by atoms with Crippen LogP contribution in [0, 0.1) is 0 Å². The summed E-state index contributed by atoms with van der Waals surface area (Å²) in [5.41, 5.74) is 1.91. The number of unbranched alkanes of at least 4 members (excludes halogenated alkanes) is 1. The minimum Gasteiger partial charge on any atom is -0.494 e. The lowest BCUT2D eigenvalue weighted by molar-refractivity contribution is -0.114. The van der Waals surface area contributed by atoms with E-state index in [0.717, 1.165) is 24.2 Å². The molecule has 24 heavy (non-hydrogen) atoms. The number of ether oxygens (including phenoxy) is 1. The molecule has 0 bridgehead atoms. The quantitative estimate of drug-likeness (QED) is 0.582. The second-order valence-corrected chi connectivity index (χ2v) is 6.16. The van der Waals surface area contributed by atoms with Gasteiger partial charge in [0.2, 0.25) is 0 Å². The summed E-state index contributed by atoms with van der Waals surface area (Å²) < 4.78 is 5.63. The molecule has 0 atom stereocenters. The summed E-state index contributed by atoms with van der Waals surface area (Å²) in [6, 6.07) is 12.5. The predicted molar refractivity (Wildman–Crippen MR) is 93.8 cm³/mol. The maximum absolute atomic E-state index is 12.2. The Hall–Kier alpha value is -2.33. The van der Waals surface area contributed by atoms with E-state index in [2.05, 4.69) is 6.92 Å². The molecule has 124 valence electrons. The van der Waals surface area contributed by atoms with Gasteiger partial charge in [-0.2, -0.15) is 0 Å². The molecule has 1 aliphatic rings. The highest BCUT2D eigenvalue weighted by molar-refractivity contribution is 6.52. The standard InChI is InChI=1S/C19H18ClNO3/c1-2-3-10-24-15-7-4-13(5-8-15)12-21-17-9-6-14(20)11-16(17)18(22)19(21)23/h4-9,11H,2-3,10,12H2,1H3. The van der Waals surface area contributed by atoms with Crippen LogP contribution in [0.1, 0.15) is 35.7 Å². The van der Waals surface area contributed by atoms with Crippen LogP contribution in [0.3, 0.4) is 0 Å². The second-order valence-electron chi connectivity index (χ2n) is 5.73. The Morgan fingerprint density at radius 2 is 1.83 bits per heavy atom. The third-order valence-corrected chi connectivity index (χ3v) is 4.20. The third kappa shape index (κ3) is 3.29. The lowest BCUT2D eigenvalue weighted by Gasteiger charge is -2.17. The molecule has 0 saturated heterocycles. The van der Waals surface area contributed by atoms with Crippen LogP contribution < -0.4 is 9.64 Å². The largest absolute Gasteiger partial charge is 0.494 e. The van der Waals surface area contributed by atoms with Crippen molar-refractivity contribution in [1.82, 2.24) is 0 Å². The Bertz CT molecular complexity index is 771. The Morgan fingerprint density at radius 3 is 2.54 bits per heavy atom. The maximum atomic E-state index is 12.2. The summed E-state index contributed by atoms with van der Waals surface area (Å²) in [5, 5.41) is 0.449. The molecule has 1 heterocycles. The smallest absolute Gasteiger partial charge is 0.299 e. The van der Waals surface area contributed by atoms with E-state index in [1.165, 1.54) is 4.90 Å². The van der Waals surface area contributed by atoms with Crippen LogP contribution in [-0.4, -0.2) is 18.3 Å². The van der Waals surface area contributed by atoms with Crippen molar-refractivity contribution in [3.63, 3.8) is 0 Å². The van der Waals surface area contributed by atoms with Crippen molar-refractivity contribution in [1.29, 1.82) is 0 Å². The molecule has 4 nitrogen and oxygen atoms in total. The lowest BCUT2D eigenvalue weighted by Crippen LogP contribution is -2.29. The topological polar surface area (TPSA) is 46.6 Å². The zero-order valence-corrected chi connectivity index (χ0v) is 14.2. The first kappa shape index (κ1) is 16.5. The highest BCUT2D eigenvalue weighted by Gasteiger charge is 2.35. The van der Waals surface area contributed by atoms with E-state index in [0.29, 0.717) is 29.4 Å². The number of nitrogens with zero attached hydrogens (tertiary/aromatic N) is 1. The first-order valence-corrected chi connectivity index (χ1v) is 8.35. The van der Waals surface area contributed by atoms with Gasteiger partial charge in [-0.1, -0.05) is 37.1 Å². The number of halogens is 1. The van der Waals surface area contributed by atoms with E-state index in [9.17, 15) is 9.59 Å². The van der Waals surface area contributed by atoms with Crippen molar-refractivity contribution >= 4 is 29.0 Å². The van der Waals surface area contributed by atoms with Crippen LogP contribution in [0.15, 0.2) is 42.5 Å². The van der Waals surface area contributed by atoms with Gasteiger partial charge in [0.25, 0.3) is 11.7 Å². The fraction of sp³-hybridized carbons (Fsp3) is 0.263. The Morgan fingerprint density at radius 1 is 1.08 bits per heavy atom. The van der Waals surface area contributed by atoms with Gasteiger partial charge in [0.1, 0.15) is 5.75 Å². The van der Waals surface area contributed by atoms with E-state index in [-0.39, 0.29) is 0 Å². The second kappa shape index (κ2) is 7.05. The molecule has 2 aromatic rings. The van der Waals surface area contributed by atoms with Gasteiger partial charge in [-0.3, -0.25) is 9.59 Å². The molecular formula is C19H18ClNO3. The summed E-state index contributed by atoms with van der Waals surface area (Å²) in [6.45, 7) is 3.16. The summed E-state index contributed by atoms with van der Waals surface area (Å²) in [4.78, 5) is 25.8. The van der Waals surface area contributed by atoms with Crippen molar-refractivity contribution in [2.75, 3.05) is 11.5 Å². The molecule has 0 N–H and O–H groups in total. The minimum atomic E-state index is -0.518. The minimum absolute atomic E-state index is 0.342. The fourth-order valence-corrected chi connectivity index (χ4v) is 2.81. The van der Waals surface area contributed by atoms with Crippen LogP contribution in [0.2, 0.25) is 5.02 Å². The third-order valence-electron chi connectivity index (χ3n) is 3.96. The highest BCUT2D eigenvalue weighted by atomic mass is 35.5. The highest BCUT2D eigenvalue weighted by Crippen LogP contribution is 2.32. The average Bonchev–Trinajstić information content (AvgIpc) is 2.81. The first-order chi connectivity index (χ1) is 11.6. The van der Waals surface area contributed by atoms with E-state index in [1.807, 2.05) is 24.3 Å². The molecule has 2 aromatic carbocycles. The summed E-state index contributed by atoms with van der Waals surface area (Å²) in [7, 11) is 0. The summed E-state index contributed by atoms with van der Waals surface area (Å²) >= 11 is 5.92. The van der Waals surface area contributed by atoms with Gasteiger partial charge in [-0.05, 0) is 42.3 Å². The number of fused-ring (bicyclic) bond motifs is 1. The number of anilines is 1. The van der Waals surface area contributed by atoms with Crippen LogP contribution in [0.25, 0.3) is 0 Å². The van der Waals surface area contributed by atoms with Gasteiger partial charge >= 0.3 is 0 Å². The molecule has 0 saturated carbocycles. The Kier molecular flexibility index (Phi) is 4.86. The Balaban J connectivity index is 1.75. The zero-order valence-electron chi connectivity index (χ0n) is 13.4. The van der Waals surface area contributed by atoms with E-state index in [4.69, 9.17) is 16.3 Å². The fourth-order valence-electron chi connectivity index (χ4n) is 2.64. The van der Waals surface area contributed by atoms with Gasteiger partial charge in [0.15, 0.2) is 0 Å². The average molecular weight is 344 g/mol. The van der Waals surface area contributed by atoms with Crippen molar-refractivity contribution in [3.8, 4) is 5.75 Å². The number of hydrogen-bond donors (Lipinski definition) is 0. The monoisotopic (exact) mass is 343 g/mol. The molecule has 0 radical (unpaired) electrons. The number of ketones is 1. The predicted octanol–water partition coefficient (Wildman–Crippen LogP) is 4.25. The van der Waals surface area contributed by atoms with Gasteiger partial charge in [-0.25, -0.2) is 0 Å². The van der Waals surface area contributed by atoms with E-state index < -0.39 is 11.7 Å². The van der Waals surface area contributed by atoms with Crippen LogP contribution in [-0.2, 0) is 11.3 Å². The maximum Gasteiger partial charge on any atom is 0.299 e. The van der Waals surface area contributed by atoms with E-state index >= 15 is 0 Å². The normalized spacial score (nSPS) is 13.3. The number of carbonyl (C=O) groups is 2. The van der Waals surface area contributed by atoms with Crippen molar-refractivity contribution in [2.24, 2.45) is 0 Å². The Labute approximate surface area is 146 Å². The number of Topliss-reactive ketones (excluding diaryl/α,β-unsaturated/α-hetero) is 1. The number of carbonyl (C=O) groups excluding carboxylic acids is 2. The molecule has 0 aromatic heterocycles. The van der Waals surface area contributed by atoms with Gasteiger partial charge in [0.05, 0.1) is 24.4 Å². The molecule has 0 fully saturated rings. The van der Waals surface area contributed by atoms with Crippen LogP contribution >= 0.6 is 11.6 Å². The van der Waals surface area contributed by atoms with Gasteiger partial charge in [-0.15, -0.1) is 0 Å². The molecule has 5 heteroatoms. The molecule has 0 spiro atoms. The number of rotatable bonds is 6. The first-order valence-electron chi connectivity index (χ1n) is 7.97. The molecule has 1 aliphatic heterocycles. The summed E-state index contributed by atoms with van der Waals surface area (Å²) in [6.07, 6.45) is 2.11. The number of hydrogen-bond acceptors (Lipinski definition) is 3. The van der Waals surface area contributed by atoms with Crippen molar-refractivity contribution in [2.45, 2.75) is 26.3 Å². The number of amides is 1.